The largest absolute Gasteiger partial charge is 0.480 e. The van der Waals surface area contributed by atoms with Crippen molar-refractivity contribution >= 4 is 17.7 Å². The number of rotatable bonds is 4. The average molecular weight is 252 g/mol. The number of nitrogens with two attached hydrogens (primary N) is 1. The molecule has 0 amide bonds. The second-order valence-corrected chi connectivity index (χ2v) is 4.19. The maximum atomic E-state index is 10.5. The highest BCUT2D eigenvalue weighted by atomic mass is 16.5. The van der Waals surface area contributed by atoms with Crippen molar-refractivity contribution in [3.63, 3.8) is 0 Å². The number of hydrogen-bond donors (Lipinski definition) is 2. The fourth-order valence-corrected chi connectivity index (χ4v) is 2.01. The molecule has 0 aromatic carbocycles. The molecule has 0 saturated carbocycles. The van der Waals surface area contributed by atoms with E-state index < -0.39 is 5.97 Å². The van der Waals surface area contributed by atoms with Gasteiger partial charge in [-0.2, -0.15) is 4.98 Å². The summed E-state index contributed by atoms with van der Waals surface area (Å²) in [6, 6.07) is 1.79. The minimum Gasteiger partial charge on any atom is -0.480 e. The number of hydrogen-bond acceptors (Lipinski definition) is 6. The van der Waals surface area contributed by atoms with Crippen molar-refractivity contribution in [3.8, 4) is 0 Å². The Morgan fingerprint density at radius 1 is 1.67 bits per heavy atom. The number of piperidine rings is 1. The van der Waals surface area contributed by atoms with Crippen LogP contribution in [0.15, 0.2) is 12.3 Å². The second kappa shape index (κ2) is 5.63. The lowest BCUT2D eigenvalue weighted by Gasteiger charge is -2.33. The lowest BCUT2D eigenvalue weighted by atomic mass is 10.1. The third kappa shape index (κ3) is 3.30. The molecule has 2 heterocycles. The van der Waals surface area contributed by atoms with E-state index in [0.29, 0.717) is 6.54 Å². The van der Waals surface area contributed by atoms with Gasteiger partial charge in [0.15, 0.2) is 0 Å². The number of ether oxygens (including phenoxy) is 1. The van der Waals surface area contributed by atoms with Crippen molar-refractivity contribution in [1.29, 1.82) is 0 Å². The Morgan fingerprint density at radius 2 is 2.50 bits per heavy atom. The van der Waals surface area contributed by atoms with Crippen LogP contribution in [0.25, 0.3) is 0 Å². The summed E-state index contributed by atoms with van der Waals surface area (Å²) in [5, 5.41) is 8.59. The number of carboxylic acids is 1. The van der Waals surface area contributed by atoms with Gasteiger partial charge in [0.1, 0.15) is 12.4 Å². The van der Waals surface area contributed by atoms with E-state index in [1.807, 2.05) is 4.90 Å². The van der Waals surface area contributed by atoms with Crippen LogP contribution in [-0.4, -0.2) is 46.8 Å². The van der Waals surface area contributed by atoms with Gasteiger partial charge in [0.05, 0.1) is 6.10 Å². The first-order valence-electron chi connectivity index (χ1n) is 5.82. The smallest absolute Gasteiger partial charge is 0.329 e. The van der Waals surface area contributed by atoms with Crippen molar-refractivity contribution in [2.45, 2.75) is 18.9 Å². The quantitative estimate of drug-likeness (QED) is 0.785. The van der Waals surface area contributed by atoms with Crippen molar-refractivity contribution in [2.75, 3.05) is 30.3 Å². The van der Waals surface area contributed by atoms with Gasteiger partial charge in [-0.05, 0) is 18.9 Å². The molecule has 1 atom stereocenters. The Labute approximate surface area is 105 Å². The molecule has 7 heteroatoms. The van der Waals surface area contributed by atoms with Crippen LogP contribution >= 0.6 is 0 Å². The van der Waals surface area contributed by atoms with Gasteiger partial charge in [0.2, 0.25) is 5.95 Å². The van der Waals surface area contributed by atoms with Crippen LogP contribution < -0.4 is 10.6 Å². The minimum absolute atomic E-state index is 0.0777. The molecule has 0 bridgehead atoms. The summed E-state index contributed by atoms with van der Waals surface area (Å²) in [5.74, 6) is 0.0469. The van der Waals surface area contributed by atoms with E-state index in [0.717, 1.165) is 25.2 Å². The minimum atomic E-state index is -0.946. The molecule has 98 valence electrons. The van der Waals surface area contributed by atoms with E-state index >= 15 is 0 Å². The predicted octanol–water partition coefficient (Wildman–Crippen LogP) is 0.129. The standard InChI is InChI=1S/C11H16N4O3/c12-11-13-4-3-9(14-11)15-5-1-2-8(6-15)18-7-10(16)17/h3-4,8H,1-2,5-7H2,(H,16,17)(H2,12,13,14). The molecule has 7 nitrogen and oxygen atoms in total. The van der Waals surface area contributed by atoms with E-state index in [2.05, 4.69) is 9.97 Å². The maximum absolute atomic E-state index is 10.5. The molecule has 18 heavy (non-hydrogen) atoms. The van der Waals surface area contributed by atoms with Crippen molar-refractivity contribution < 1.29 is 14.6 Å². The number of carboxylic acid groups (broad SMARTS) is 1. The third-order valence-electron chi connectivity index (χ3n) is 2.80. The van der Waals surface area contributed by atoms with Crippen molar-refractivity contribution in [2.24, 2.45) is 0 Å². The van der Waals surface area contributed by atoms with Gasteiger partial charge in [-0.1, -0.05) is 0 Å². The normalized spacial score (nSPS) is 19.8. The first-order chi connectivity index (χ1) is 8.65. The number of carbonyl (C=O) groups is 1. The zero-order valence-corrected chi connectivity index (χ0v) is 9.95. The molecule has 0 radical (unpaired) electrons. The molecule has 1 saturated heterocycles. The lowest BCUT2D eigenvalue weighted by Crippen LogP contribution is -2.40. The number of aromatic nitrogens is 2. The van der Waals surface area contributed by atoms with Gasteiger partial charge in [0.25, 0.3) is 0 Å². The summed E-state index contributed by atoms with van der Waals surface area (Å²) in [7, 11) is 0. The van der Waals surface area contributed by atoms with Crippen LogP contribution in [-0.2, 0) is 9.53 Å². The van der Waals surface area contributed by atoms with Crippen molar-refractivity contribution in [3.05, 3.63) is 12.3 Å². The summed E-state index contributed by atoms with van der Waals surface area (Å²) in [6.45, 7) is 1.23. The van der Waals surface area contributed by atoms with E-state index in [1.165, 1.54) is 0 Å². The van der Waals surface area contributed by atoms with E-state index in [9.17, 15) is 4.79 Å². The molecular formula is C11H16N4O3. The zero-order valence-electron chi connectivity index (χ0n) is 9.95. The van der Waals surface area contributed by atoms with Gasteiger partial charge in [-0.3, -0.25) is 0 Å². The van der Waals surface area contributed by atoms with E-state index in [1.54, 1.807) is 12.3 Å². The molecule has 0 spiro atoms. The summed E-state index contributed by atoms with van der Waals surface area (Å²) < 4.78 is 5.31. The first-order valence-corrected chi connectivity index (χ1v) is 5.82. The fourth-order valence-electron chi connectivity index (χ4n) is 2.01. The van der Waals surface area contributed by atoms with Crippen LogP contribution in [0.4, 0.5) is 11.8 Å². The molecule has 1 aliphatic rings. The van der Waals surface area contributed by atoms with Crippen molar-refractivity contribution in [1.82, 2.24) is 9.97 Å². The number of nitrogens with zero attached hydrogens (tertiary/aromatic N) is 3. The molecule has 0 aliphatic carbocycles. The Hall–Kier alpha value is -1.89. The number of nitrogen functional groups attached to an aromatic ring is 1. The van der Waals surface area contributed by atoms with Crippen LogP contribution in [0.5, 0.6) is 0 Å². The molecule has 1 aromatic heterocycles. The lowest BCUT2D eigenvalue weighted by molar-refractivity contribution is -0.144. The molecule has 1 unspecified atom stereocenters. The monoisotopic (exact) mass is 252 g/mol. The predicted molar refractivity (Wildman–Crippen MR) is 65.3 cm³/mol. The Bertz CT molecular complexity index is 427. The van der Waals surface area contributed by atoms with Crippen LogP contribution in [0, 0.1) is 0 Å². The third-order valence-corrected chi connectivity index (χ3v) is 2.80. The van der Waals surface area contributed by atoms with Gasteiger partial charge in [-0.25, -0.2) is 9.78 Å². The van der Waals surface area contributed by atoms with Gasteiger partial charge in [-0.15, -0.1) is 0 Å². The topological polar surface area (TPSA) is 102 Å². The average Bonchev–Trinajstić information content (AvgIpc) is 2.37. The SMILES string of the molecule is Nc1nccc(N2CCCC(OCC(=O)O)C2)n1. The summed E-state index contributed by atoms with van der Waals surface area (Å²) in [4.78, 5) is 20.5. The molecule has 1 fully saturated rings. The van der Waals surface area contributed by atoms with Gasteiger partial charge in [0, 0.05) is 19.3 Å². The Kier molecular flexibility index (Phi) is 3.93. The fraction of sp³-hybridized carbons (Fsp3) is 0.545. The van der Waals surface area contributed by atoms with Crippen LogP contribution in [0.3, 0.4) is 0 Å². The zero-order chi connectivity index (χ0) is 13.0. The molecule has 1 aliphatic heterocycles. The molecule has 1 aromatic rings. The van der Waals surface area contributed by atoms with Crippen LogP contribution in [0.1, 0.15) is 12.8 Å². The van der Waals surface area contributed by atoms with E-state index in [-0.39, 0.29) is 18.7 Å². The highest BCUT2D eigenvalue weighted by molar-refractivity contribution is 5.68. The van der Waals surface area contributed by atoms with Gasteiger partial charge >= 0.3 is 5.97 Å². The molecular weight excluding hydrogens is 236 g/mol. The number of anilines is 2. The summed E-state index contributed by atoms with van der Waals surface area (Å²) >= 11 is 0. The van der Waals surface area contributed by atoms with Gasteiger partial charge < -0.3 is 20.5 Å². The first kappa shape index (κ1) is 12.6. The molecule has 3 N–H and O–H groups in total. The maximum Gasteiger partial charge on any atom is 0.329 e. The molecule has 2 rings (SSSR count). The Balaban J connectivity index is 1.96. The van der Waals surface area contributed by atoms with E-state index in [4.69, 9.17) is 15.6 Å². The summed E-state index contributed by atoms with van der Waals surface area (Å²) in [5.41, 5.74) is 5.54. The highest BCUT2D eigenvalue weighted by Gasteiger charge is 2.22. The highest BCUT2D eigenvalue weighted by Crippen LogP contribution is 2.19. The number of aliphatic carboxylic acids is 1. The second-order valence-electron chi connectivity index (χ2n) is 4.19. The van der Waals surface area contributed by atoms with Crippen LogP contribution in [0.2, 0.25) is 0 Å². The Morgan fingerprint density at radius 3 is 3.22 bits per heavy atom. The summed E-state index contributed by atoms with van der Waals surface area (Å²) in [6.07, 6.45) is 3.34.